The van der Waals surface area contributed by atoms with E-state index in [1.54, 1.807) is 0 Å². The molecule has 178 valence electrons. The summed E-state index contributed by atoms with van der Waals surface area (Å²) in [4.78, 5) is 0. The predicted molar refractivity (Wildman–Crippen MR) is 140 cm³/mol. The van der Waals surface area contributed by atoms with E-state index < -0.39 is 0 Å². The molecule has 2 radical (unpaired) electrons. The van der Waals surface area contributed by atoms with E-state index in [-0.39, 0.29) is 0 Å². The van der Waals surface area contributed by atoms with Crippen LogP contribution in [-0.2, 0) is 0 Å². The van der Waals surface area contributed by atoms with Gasteiger partial charge in [-0.15, -0.1) is 0 Å². The molecule has 0 saturated carbocycles. The van der Waals surface area contributed by atoms with Gasteiger partial charge >= 0.3 is 0 Å². The molecule has 0 bridgehead atoms. The molecule has 0 heteroatoms. The Morgan fingerprint density at radius 1 is 0.500 bits per heavy atom. The third-order valence-electron chi connectivity index (χ3n) is 6.44. The van der Waals surface area contributed by atoms with Crippen molar-refractivity contribution in [2.45, 2.75) is 155 Å². The van der Waals surface area contributed by atoms with Crippen molar-refractivity contribution < 1.29 is 0 Å². The van der Waals surface area contributed by atoms with E-state index in [0.29, 0.717) is 0 Å². The topological polar surface area (TPSA) is 0 Å². The molecule has 0 fully saturated rings. The van der Waals surface area contributed by atoms with Crippen molar-refractivity contribution in [2.75, 3.05) is 0 Å². The second-order valence-corrected chi connectivity index (χ2v) is 10.1. The Kier molecular flexibility index (Phi) is 24.8. The highest BCUT2D eigenvalue weighted by molar-refractivity contribution is 4.81. The normalized spacial score (nSPS) is 13.0. The van der Waals surface area contributed by atoms with Crippen molar-refractivity contribution in [3.05, 3.63) is 26.0 Å². The monoisotopic (exact) mass is 418 g/mol. The van der Waals surface area contributed by atoms with Crippen molar-refractivity contribution >= 4 is 0 Å². The maximum Gasteiger partial charge on any atom is -0.0351 e. The van der Waals surface area contributed by atoms with Crippen molar-refractivity contribution in [1.29, 1.82) is 0 Å². The first-order chi connectivity index (χ1) is 14.7. The molecule has 1 unspecified atom stereocenters. The molecule has 0 amide bonds. The summed E-state index contributed by atoms with van der Waals surface area (Å²) >= 11 is 0. The van der Waals surface area contributed by atoms with Gasteiger partial charge < -0.3 is 0 Å². The summed E-state index contributed by atoms with van der Waals surface area (Å²) in [7, 11) is 0. The minimum Gasteiger partial charge on any atom is -0.0885 e. The van der Waals surface area contributed by atoms with Gasteiger partial charge in [0.25, 0.3) is 0 Å². The lowest BCUT2D eigenvalue weighted by Crippen LogP contribution is -2.05. The van der Waals surface area contributed by atoms with Gasteiger partial charge in [-0.1, -0.05) is 149 Å². The third kappa shape index (κ3) is 24.0. The maximum atomic E-state index is 3.93. The van der Waals surface area contributed by atoms with Crippen molar-refractivity contribution in [3.8, 4) is 0 Å². The lowest BCUT2D eigenvalue weighted by molar-refractivity contribution is 0.339. The molecule has 0 aliphatic rings. The summed E-state index contributed by atoms with van der Waals surface area (Å²) < 4.78 is 0. The largest absolute Gasteiger partial charge is 0.0885 e. The zero-order valence-corrected chi connectivity index (χ0v) is 21.3. The van der Waals surface area contributed by atoms with Gasteiger partial charge in [0.2, 0.25) is 0 Å². The highest BCUT2D eigenvalue weighted by Crippen LogP contribution is 2.25. The lowest BCUT2D eigenvalue weighted by Gasteiger charge is -2.19. The number of hydrogen-bond acceptors (Lipinski definition) is 0. The first-order valence-electron chi connectivity index (χ1n) is 13.9. The van der Waals surface area contributed by atoms with E-state index in [4.69, 9.17) is 0 Å². The van der Waals surface area contributed by atoms with E-state index in [1.807, 2.05) is 0 Å². The van der Waals surface area contributed by atoms with Crippen molar-refractivity contribution in [3.63, 3.8) is 0 Å². The Morgan fingerprint density at radius 3 is 1.37 bits per heavy atom. The zero-order chi connectivity index (χ0) is 22.1. The molecule has 30 heavy (non-hydrogen) atoms. The SMILES string of the molecule is [CH2]CCCC=CCCCCCCC(CCCCCCCCCCCC[CH2])CC(C)C. The van der Waals surface area contributed by atoms with Gasteiger partial charge in [-0.25, -0.2) is 0 Å². The summed E-state index contributed by atoms with van der Waals surface area (Å²) in [5.41, 5.74) is 0. The minimum absolute atomic E-state index is 0.863. The van der Waals surface area contributed by atoms with Crippen LogP contribution < -0.4 is 0 Å². The lowest BCUT2D eigenvalue weighted by atomic mass is 9.87. The molecule has 0 nitrogen and oxygen atoms in total. The van der Waals surface area contributed by atoms with Gasteiger partial charge in [0, 0.05) is 0 Å². The van der Waals surface area contributed by atoms with Crippen LogP contribution >= 0.6 is 0 Å². The van der Waals surface area contributed by atoms with E-state index >= 15 is 0 Å². The van der Waals surface area contributed by atoms with Gasteiger partial charge in [-0.2, -0.15) is 0 Å². The summed E-state index contributed by atoms with van der Waals surface area (Å²) in [6, 6.07) is 0. The highest BCUT2D eigenvalue weighted by atomic mass is 14.2. The first kappa shape index (κ1) is 29.7. The number of allylic oxidation sites excluding steroid dienone is 2. The van der Waals surface area contributed by atoms with Crippen LogP contribution in [0.15, 0.2) is 12.2 Å². The first-order valence-corrected chi connectivity index (χ1v) is 13.9. The van der Waals surface area contributed by atoms with E-state index in [2.05, 4.69) is 39.8 Å². The summed E-state index contributed by atoms with van der Waals surface area (Å²) in [6.45, 7) is 12.6. The molecule has 0 rings (SSSR count). The standard InChI is InChI=1S/C30H58/c1-5-7-9-11-13-15-17-19-21-23-25-27-30(28-29(3)4)26-24-22-20-18-16-14-12-10-8-6-2/h12,14,29-30H,1-2,5-11,13,15-28H2,3-4H3. The quantitative estimate of drug-likeness (QED) is 0.108. The second-order valence-electron chi connectivity index (χ2n) is 10.1. The van der Waals surface area contributed by atoms with Gasteiger partial charge in [-0.05, 0) is 43.9 Å². The maximum absolute atomic E-state index is 3.93. The van der Waals surface area contributed by atoms with Crippen molar-refractivity contribution in [2.24, 2.45) is 11.8 Å². The Labute approximate surface area is 193 Å². The van der Waals surface area contributed by atoms with E-state index in [9.17, 15) is 0 Å². The number of rotatable bonds is 24. The summed E-state index contributed by atoms with van der Waals surface area (Å²) in [5.74, 6) is 1.85. The van der Waals surface area contributed by atoms with E-state index in [1.165, 1.54) is 128 Å². The Balaban J connectivity index is 3.59. The fraction of sp³-hybridized carbons (Fsp3) is 0.867. The smallest absolute Gasteiger partial charge is 0.0351 e. The fourth-order valence-electron chi connectivity index (χ4n) is 4.62. The number of hydrogen-bond donors (Lipinski definition) is 0. The molecular formula is C30H58. The summed E-state index contributed by atoms with van der Waals surface area (Å²) in [6.07, 6.45) is 35.2. The Hall–Kier alpha value is -0.260. The van der Waals surface area contributed by atoms with Crippen LogP contribution in [0, 0.1) is 25.7 Å². The molecule has 0 aromatic carbocycles. The minimum atomic E-state index is 0.863. The van der Waals surface area contributed by atoms with Crippen LogP contribution in [-0.4, -0.2) is 0 Å². The molecule has 0 saturated heterocycles. The molecule has 0 heterocycles. The van der Waals surface area contributed by atoms with Crippen LogP contribution in [0.3, 0.4) is 0 Å². The van der Waals surface area contributed by atoms with Crippen LogP contribution in [0.4, 0.5) is 0 Å². The predicted octanol–water partition coefficient (Wildman–Crippen LogP) is 11.1. The van der Waals surface area contributed by atoms with Crippen LogP contribution in [0.5, 0.6) is 0 Å². The average Bonchev–Trinajstić information content (AvgIpc) is 2.72. The molecular weight excluding hydrogens is 360 g/mol. The molecule has 0 aromatic heterocycles. The van der Waals surface area contributed by atoms with Gasteiger partial charge in [-0.3, -0.25) is 0 Å². The van der Waals surface area contributed by atoms with Crippen LogP contribution in [0.1, 0.15) is 155 Å². The molecule has 0 aliphatic carbocycles. The van der Waals surface area contributed by atoms with Crippen LogP contribution in [0.2, 0.25) is 0 Å². The Bertz CT molecular complexity index is 327. The summed E-state index contributed by atoms with van der Waals surface area (Å²) in [5, 5.41) is 0. The Morgan fingerprint density at radius 2 is 0.900 bits per heavy atom. The molecule has 1 atom stereocenters. The third-order valence-corrected chi connectivity index (χ3v) is 6.44. The zero-order valence-electron chi connectivity index (χ0n) is 21.3. The fourth-order valence-corrected chi connectivity index (χ4v) is 4.62. The molecule has 0 aliphatic heterocycles. The average molecular weight is 419 g/mol. The molecule has 0 N–H and O–H groups in total. The van der Waals surface area contributed by atoms with Crippen LogP contribution in [0.25, 0.3) is 0 Å². The van der Waals surface area contributed by atoms with Gasteiger partial charge in [0.05, 0.1) is 0 Å². The molecule has 0 spiro atoms. The number of unbranched alkanes of at least 4 members (excludes halogenated alkanes) is 16. The van der Waals surface area contributed by atoms with Gasteiger partial charge in [0.15, 0.2) is 0 Å². The second kappa shape index (κ2) is 25.0. The van der Waals surface area contributed by atoms with Crippen molar-refractivity contribution in [1.82, 2.24) is 0 Å². The van der Waals surface area contributed by atoms with Gasteiger partial charge in [0.1, 0.15) is 0 Å². The highest BCUT2D eigenvalue weighted by Gasteiger charge is 2.10. The molecule has 0 aromatic rings. The van der Waals surface area contributed by atoms with E-state index in [0.717, 1.165) is 24.7 Å².